The molecule has 102 valence electrons. The van der Waals surface area contributed by atoms with Gasteiger partial charge in [0.25, 0.3) is 11.7 Å². The summed E-state index contributed by atoms with van der Waals surface area (Å²) in [5, 5.41) is 0.397. The number of amides is 1. The first-order chi connectivity index (χ1) is 9.16. The Morgan fingerprint density at radius 1 is 1.21 bits per heavy atom. The van der Waals surface area contributed by atoms with Crippen LogP contribution in [0.25, 0.3) is 0 Å². The fraction of sp³-hybridized carbons (Fsp3) is 0.385. The quantitative estimate of drug-likeness (QED) is 0.587. The molecular weight excluding hydrogens is 270 g/mol. The molecule has 0 spiro atoms. The summed E-state index contributed by atoms with van der Waals surface area (Å²) in [4.78, 5) is 25.0. The Kier molecular flexibility index (Phi) is 4.52. The first-order valence-corrected chi connectivity index (χ1v) is 6.26. The SMILES string of the molecule is COCCOCCN1C(=O)C(=O)c2cccc(Cl)c21. The second kappa shape index (κ2) is 6.14. The highest BCUT2D eigenvalue weighted by Gasteiger charge is 2.36. The third kappa shape index (κ3) is 2.78. The number of hydrogen-bond donors (Lipinski definition) is 0. The van der Waals surface area contributed by atoms with Crippen molar-refractivity contribution >= 4 is 29.0 Å². The summed E-state index contributed by atoms with van der Waals surface area (Å²) in [6, 6.07) is 4.92. The smallest absolute Gasteiger partial charge is 0.299 e. The predicted molar refractivity (Wildman–Crippen MR) is 70.8 cm³/mol. The summed E-state index contributed by atoms with van der Waals surface area (Å²) in [6.45, 7) is 1.56. The van der Waals surface area contributed by atoms with Crippen LogP contribution in [0.15, 0.2) is 18.2 Å². The zero-order chi connectivity index (χ0) is 13.8. The number of hydrogen-bond acceptors (Lipinski definition) is 4. The zero-order valence-corrected chi connectivity index (χ0v) is 11.3. The number of nitrogens with zero attached hydrogens (tertiary/aromatic N) is 1. The lowest BCUT2D eigenvalue weighted by atomic mass is 10.1. The van der Waals surface area contributed by atoms with E-state index in [9.17, 15) is 9.59 Å². The van der Waals surface area contributed by atoms with Crippen molar-refractivity contribution in [2.24, 2.45) is 0 Å². The second-order valence-corrected chi connectivity index (χ2v) is 4.43. The number of methoxy groups -OCH3 is 1. The van der Waals surface area contributed by atoms with Crippen LogP contribution in [0.1, 0.15) is 10.4 Å². The predicted octanol–water partition coefficient (Wildman–Crippen LogP) is 1.53. The Labute approximate surface area is 116 Å². The molecule has 0 radical (unpaired) electrons. The number of ketones is 1. The fourth-order valence-electron chi connectivity index (χ4n) is 1.93. The van der Waals surface area contributed by atoms with E-state index < -0.39 is 11.7 Å². The van der Waals surface area contributed by atoms with Crippen molar-refractivity contribution < 1.29 is 19.1 Å². The lowest BCUT2D eigenvalue weighted by Crippen LogP contribution is -2.33. The van der Waals surface area contributed by atoms with Crippen LogP contribution in [0.2, 0.25) is 5.02 Å². The molecule has 1 aromatic carbocycles. The van der Waals surface area contributed by atoms with Crippen LogP contribution in [-0.4, -0.2) is 45.2 Å². The maximum absolute atomic E-state index is 11.9. The number of rotatable bonds is 6. The van der Waals surface area contributed by atoms with Gasteiger partial charge in [-0.2, -0.15) is 0 Å². The second-order valence-electron chi connectivity index (χ2n) is 4.03. The molecule has 6 heteroatoms. The van der Waals surface area contributed by atoms with E-state index in [1.807, 2.05) is 0 Å². The summed E-state index contributed by atoms with van der Waals surface area (Å²) in [5.41, 5.74) is 0.837. The van der Waals surface area contributed by atoms with Crippen LogP contribution in [-0.2, 0) is 14.3 Å². The monoisotopic (exact) mass is 283 g/mol. The van der Waals surface area contributed by atoms with E-state index in [-0.39, 0.29) is 0 Å². The highest BCUT2D eigenvalue weighted by Crippen LogP contribution is 2.35. The minimum atomic E-state index is -0.557. The lowest BCUT2D eigenvalue weighted by Gasteiger charge is -2.17. The van der Waals surface area contributed by atoms with E-state index in [0.717, 1.165) is 0 Å². The largest absolute Gasteiger partial charge is 0.382 e. The number of carbonyl (C=O) groups is 2. The number of anilines is 1. The molecule has 1 aliphatic rings. The summed E-state index contributed by atoms with van der Waals surface area (Å²) >= 11 is 6.05. The van der Waals surface area contributed by atoms with Gasteiger partial charge >= 0.3 is 0 Å². The molecule has 19 heavy (non-hydrogen) atoms. The molecule has 1 aromatic rings. The van der Waals surface area contributed by atoms with Crippen molar-refractivity contribution in [2.45, 2.75) is 0 Å². The van der Waals surface area contributed by atoms with Crippen molar-refractivity contribution in [3.05, 3.63) is 28.8 Å². The molecule has 0 saturated heterocycles. The Hall–Kier alpha value is -1.43. The molecule has 0 fully saturated rings. The van der Waals surface area contributed by atoms with Crippen LogP contribution in [0, 0.1) is 0 Å². The van der Waals surface area contributed by atoms with Gasteiger partial charge in [0, 0.05) is 13.7 Å². The molecule has 1 amide bonds. The molecule has 0 aromatic heterocycles. The number of benzene rings is 1. The topological polar surface area (TPSA) is 55.8 Å². The maximum atomic E-state index is 11.9. The van der Waals surface area contributed by atoms with E-state index in [1.165, 1.54) is 4.90 Å². The van der Waals surface area contributed by atoms with Gasteiger partial charge in [0.15, 0.2) is 0 Å². The van der Waals surface area contributed by atoms with Crippen LogP contribution in [0.4, 0.5) is 5.69 Å². The molecule has 5 nitrogen and oxygen atoms in total. The third-order valence-electron chi connectivity index (χ3n) is 2.83. The van der Waals surface area contributed by atoms with E-state index in [0.29, 0.717) is 42.6 Å². The van der Waals surface area contributed by atoms with E-state index in [1.54, 1.807) is 25.3 Å². The van der Waals surface area contributed by atoms with Crippen LogP contribution < -0.4 is 4.90 Å². The highest BCUT2D eigenvalue weighted by atomic mass is 35.5. The van der Waals surface area contributed by atoms with Gasteiger partial charge in [0.05, 0.1) is 36.1 Å². The Morgan fingerprint density at radius 2 is 2.00 bits per heavy atom. The molecule has 0 saturated carbocycles. The van der Waals surface area contributed by atoms with Gasteiger partial charge in [0.1, 0.15) is 0 Å². The number of para-hydroxylation sites is 1. The lowest BCUT2D eigenvalue weighted by molar-refractivity contribution is -0.114. The van der Waals surface area contributed by atoms with Crippen LogP contribution >= 0.6 is 11.6 Å². The first kappa shape index (κ1) is 14.0. The zero-order valence-electron chi connectivity index (χ0n) is 10.5. The first-order valence-electron chi connectivity index (χ1n) is 5.88. The Bertz CT molecular complexity index is 503. The molecular formula is C13H14ClNO4. The maximum Gasteiger partial charge on any atom is 0.299 e. The average molecular weight is 284 g/mol. The molecule has 0 atom stereocenters. The fourth-order valence-corrected chi connectivity index (χ4v) is 2.20. The molecule has 0 N–H and O–H groups in total. The third-order valence-corrected chi connectivity index (χ3v) is 3.14. The summed E-state index contributed by atoms with van der Waals surface area (Å²) in [5.74, 6) is -1.08. The Morgan fingerprint density at radius 3 is 2.74 bits per heavy atom. The molecule has 0 bridgehead atoms. The highest BCUT2D eigenvalue weighted by molar-refractivity contribution is 6.54. The number of carbonyl (C=O) groups excluding carboxylic acids is 2. The number of fused-ring (bicyclic) bond motifs is 1. The molecule has 2 rings (SSSR count). The normalized spacial score (nSPS) is 14.1. The van der Waals surface area contributed by atoms with Gasteiger partial charge in [-0.3, -0.25) is 9.59 Å². The molecule has 0 unspecified atom stereocenters. The van der Waals surface area contributed by atoms with Crippen molar-refractivity contribution in [1.82, 2.24) is 0 Å². The molecule has 0 aliphatic carbocycles. The van der Waals surface area contributed by atoms with E-state index >= 15 is 0 Å². The number of ether oxygens (including phenoxy) is 2. The average Bonchev–Trinajstić information content (AvgIpc) is 2.65. The molecule has 1 heterocycles. The van der Waals surface area contributed by atoms with Gasteiger partial charge in [-0.1, -0.05) is 17.7 Å². The van der Waals surface area contributed by atoms with Gasteiger partial charge in [-0.15, -0.1) is 0 Å². The summed E-state index contributed by atoms with van der Waals surface area (Å²) in [7, 11) is 1.59. The Balaban J connectivity index is 2.06. The van der Waals surface area contributed by atoms with Crippen molar-refractivity contribution in [2.75, 3.05) is 38.4 Å². The number of Topliss-reactive ketones (excluding diaryl/α,β-unsaturated/α-hetero) is 1. The van der Waals surface area contributed by atoms with Gasteiger partial charge in [-0.25, -0.2) is 0 Å². The van der Waals surface area contributed by atoms with E-state index in [4.69, 9.17) is 21.1 Å². The van der Waals surface area contributed by atoms with Crippen LogP contribution in [0.3, 0.4) is 0 Å². The van der Waals surface area contributed by atoms with Crippen molar-refractivity contribution in [3.63, 3.8) is 0 Å². The minimum Gasteiger partial charge on any atom is -0.382 e. The summed E-state index contributed by atoms with van der Waals surface area (Å²) < 4.78 is 10.1. The van der Waals surface area contributed by atoms with Crippen molar-refractivity contribution in [1.29, 1.82) is 0 Å². The van der Waals surface area contributed by atoms with Crippen LogP contribution in [0.5, 0.6) is 0 Å². The number of halogens is 1. The standard InChI is InChI=1S/C13H14ClNO4/c1-18-7-8-19-6-5-15-11-9(12(16)13(15)17)3-2-4-10(11)14/h2-4H,5-8H2,1H3. The molecule has 1 aliphatic heterocycles. The van der Waals surface area contributed by atoms with Gasteiger partial charge in [-0.05, 0) is 12.1 Å². The van der Waals surface area contributed by atoms with E-state index in [2.05, 4.69) is 0 Å². The van der Waals surface area contributed by atoms with Gasteiger partial charge < -0.3 is 14.4 Å². The minimum absolute atomic E-state index is 0.297. The van der Waals surface area contributed by atoms with Gasteiger partial charge in [0.2, 0.25) is 0 Å². The van der Waals surface area contributed by atoms with Crippen molar-refractivity contribution in [3.8, 4) is 0 Å². The summed E-state index contributed by atoms with van der Waals surface area (Å²) in [6.07, 6.45) is 0.